The average molecular weight is 393 g/mol. The molecule has 116 valence electrons. The summed E-state index contributed by atoms with van der Waals surface area (Å²) in [6.07, 6.45) is 0. The monoisotopic (exact) mass is 391 g/mol. The Labute approximate surface area is 146 Å². The van der Waals surface area contributed by atoms with Gasteiger partial charge in [-0.05, 0) is 30.3 Å². The summed E-state index contributed by atoms with van der Waals surface area (Å²) in [4.78, 5) is 26.3. The molecule has 1 aliphatic rings. The van der Waals surface area contributed by atoms with E-state index in [9.17, 15) is 9.59 Å². The minimum absolute atomic E-state index is 0.109. The number of ether oxygens (including phenoxy) is 1. The first kappa shape index (κ1) is 15.8. The van der Waals surface area contributed by atoms with Gasteiger partial charge in [0.05, 0.1) is 18.4 Å². The highest BCUT2D eigenvalue weighted by atomic mass is 79.9. The molecule has 0 N–H and O–H groups in total. The fourth-order valence-corrected chi connectivity index (χ4v) is 2.94. The van der Waals surface area contributed by atoms with Crippen molar-refractivity contribution in [2.45, 2.75) is 0 Å². The van der Waals surface area contributed by atoms with Gasteiger partial charge >= 0.3 is 0 Å². The maximum Gasteiger partial charge on any atom is 0.277 e. The van der Waals surface area contributed by atoms with Gasteiger partial charge in [0.25, 0.3) is 11.8 Å². The summed E-state index contributed by atoms with van der Waals surface area (Å²) in [6.45, 7) is 0. The molecule has 2 amide bonds. The zero-order valence-corrected chi connectivity index (χ0v) is 14.4. The molecule has 0 spiro atoms. The van der Waals surface area contributed by atoms with Crippen molar-refractivity contribution in [2.24, 2.45) is 0 Å². The molecule has 0 atom stereocenters. The number of hydrogen-bond donors (Lipinski definition) is 0. The predicted molar refractivity (Wildman–Crippen MR) is 92.4 cm³/mol. The number of carbonyl (C=O) groups excluding carboxylic acids is 2. The van der Waals surface area contributed by atoms with Crippen LogP contribution in [0.3, 0.4) is 0 Å². The Hall–Kier alpha value is -2.11. The molecule has 6 heteroatoms. The number of imide groups is 1. The van der Waals surface area contributed by atoms with Crippen molar-refractivity contribution in [1.82, 2.24) is 0 Å². The Bertz CT molecular complexity index is 830. The van der Waals surface area contributed by atoms with Crippen molar-refractivity contribution in [1.29, 1.82) is 0 Å². The summed E-state index contributed by atoms with van der Waals surface area (Å²) in [5.41, 5.74) is 1.11. The predicted octanol–water partition coefficient (Wildman–Crippen LogP) is 3.98. The third-order valence-electron chi connectivity index (χ3n) is 3.49. The van der Waals surface area contributed by atoms with Crippen molar-refractivity contribution in [3.05, 3.63) is 63.6 Å². The fourth-order valence-electron chi connectivity index (χ4n) is 2.41. The Morgan fingerprint density at radius 1 is 1.00 bits per heavy atom. The highest BCUT2D eigenvalue weighted by Crippen LogP contribution is 2.38. The van der Waals surface area contributed by atoms with Gasteiger partial charge in [0.1, 0.15) is 10.8 Å². The molecule has 0 saturated heterocycles. The molecule has 1 aliphatic heterocycles. The minimum atomic E-state index is -0.542. The third-order valence-corrected chi connectivity index (χ3v) is 4.37. The number of methoxy groups -OCH3 is 1. The molecule has 3 rings (SSSR count). The molecule has 2 aromatic carbocycles. The Balaban J connectivity index is 2.08. The summed E-state index contributed by atoms with van der Waals surface area (Å²) < 4.78 is 6.12. The Morgan fingerprint density at radius 3 is 2.30 bits per heavy atom. The number of hydrogen-bond acceptors (Lipinski definition) is 3. The van der Waals surface area contributed by atoms with Crippen LogP contribution in [0.1, 0.15) is 5.56 Å². The molecular formula is C17H11BrClNO3. The highest BCUT2D eigenvalue weighted by Gasteiger charge is 2.40. The number of para-hydroxylation sites is 1. The molecular weight excluding hydrogens is 382 g/mol. The lowest BCUT2D eigenvalue weighted by atomic mass is 10.1. The number of benzene rings is 2. The number of anilines is 1. The van der Waals surface area contributed by atoms with E-state index in [0.717, 1.165) is 9.37 Å². The van der Waals surface area contributed by atoms with E-state index in [4.69, 9.17) is 16.3 Å². The van der Waals surface area contributed by atoms with Gasteiger partial charge in [-0.2, -0.15) is 0 Å². The number of rotatable bonds is 3. The van der Waals surface area contributed by atoms with Crippen LogP contribution in [0.15, 0.2) is 58.0 Å². The summed E-state index contributed by atoms with van der Waals surface area (Å²) in [7, 11) is 1.50. The molecule has 0 aromatic heterocycles. The van der Waals surface area contributed by atoms with Crippen molar-refractivity contribution in [3.8, 4) is 5.75 Å². The quantitative estimate of drug-likeness (QED) is 0.742. The summed E-state index contributed by atoms with van der Waals surface area (Å²) in [6, 6.07) is 13.8. The van der Waals surface area contributed by atoms with Crippen LogP contribution in [0.4, 0.5) is 5.69 Å². The minimum Gasteiger partial charge on any atom is -0.496 e. The average Bonchev–Trinajstić information content (AvgIpc) is 2.78. The largest absolute Gasteiger partial charge is 0.496 e. The lowest BCUT2D eigenvalue weighted by Crippen LogP contribution is -2.31. The molecule has 23 heavy (non-hydrogen) atoms. The SMILES string of the molecule is COc1ccccc1C1=C(Cl)C(=O)N(c2ccc(Br)cc2)C1=O. The van der Waals surface area contributed by atoms with E-state index in [-0.39, 0.29) is 10.6 Å². The molecule has 2 aromatic rings. The molecule has 0 fully saturated rings. The number of carbonyl (C=O) groups is 2. The molecule has 0 aliphatic carbocycles. The van der Waals surface area contributed by atoms with Crippen LogP contribution in [0.5, 0.6) is 5.75 Å². The smallest absolute Gasteiger partial charge is 0.277 e. The van der Waals surface area contributed by atoms with E-state index in [1.165, 1.54) is 7.11 Å². The van der Waals surface area contributed by atoms with E-state index in [1.54, 1.807) is 48.5 Å². The first-order chi connectivity index (χ1) is 11.0. The second-order valence-electron chi connectivity index (χ2n) is 4.81. The van der Waals surface area contributed by atoms with Crippen LogP contribution in [-0.4, -0.2) is 18.9 Å². The molecule has 0 bridgehead atoms. The van der Waals surface area contributed by atoms with Crippen LogP contribution in [0, 0.1) is 0 Å². The molecule has 0 radical (unpaired) electrons. The van der Waals surface area contributed by atoms with E-state index in [2.05, 4.69) is 15.9 Å². The van der Waals surface area contributed by atoms with Gasteiger partial charge in [-0.25, -0.2) is 4.90 Å². The van der Waals surface area contributed by atoms with Crippen molar-refractivity contribution < 1.29 is 14.3 Å². The number of nitrogens with zero attached hydrogens (tertiary/aromatic N) is 1. The topological polar surface area (TPSA) is 46.6 Å². The fraction of sp³-hybridized carbons (Fsp3) is 0.0588. The van der Waals surface area contributed by atoms with Gasteiger partial charge < -0.3 is 4.74 Å². The van der Waals surface area contributed by atoms with E-state index in [1.807, 2.05) is 0 Å². The summed E-state index contributed by atoms with van der Waals surface area (Å²) in [5, 5.41) is -0.109. The molecule has 0 unspecified atom stereocenters. The number of amides is 2. The molecule has 4 nitrogen and oxygen atoms in total. The first-order valence-electron chi connectivity index (χ1n) is 6.72. The maximum atomic E-state index is 12.8. The van der Waals surface area contributed by atoms with Crippen LogP contribution in [-0.2, 0) is 9.59 Å². The van der Waals surface area contributed by atoms with Gasteiger partial charge in [-0.3, -0.25) is 9.59 Å². The molecule has 0 saturated carbocycles. The summed E-state index contributed by atoms with van der Waals surface area (Å²) >= 11 is 9.49. The van der Waals surface area contributed by atoms with Gasteiger partial charge in [-0.1, -0.05) is 45.7 Å². The zero-order chi connectivity index (χ0) is 16.6. The standard InChI is InChI=1S/C17H11BrClNO3/c1-23-13-5-3-2-4-12(13)14-15(19)17(22)20(16(14)21)11-8-6-10(18)7-9-11/h2-9H,1H3. The lowest BCUT2D eigenvalue weighted by molar-refractivity contribution is -0.119. The Morgan fingerprint density at radius 2 is 1.65 bits per heavy atom. The Kier molecular flexibility index (Phi) is 4.24. The van der Waals surface area contributed by atoms with Crippen molar-refractivity contribution >= 4 is 50.6 Å². The zero-order valence-electron chi connectivity index (χ0n) is 12.0. The number of halogens is 2. The second kappa shape index (κ2) is 6.18. The van der Waals surface area contributed by atoms with Gasteiger partial charge in [0.15, 0.2) is 0 Å². The van der Waals surface area contributed by atoms with Crippen LogP contribution >= 0.6 is 27.5 Å². The highest BCUT2D eigenvalue weighted by molar-refractivity contribution is 9.10. The van der Waals surface area contributed by atoms with E-state index in [0.29, 0.717) is 17.0 Å². The molecule has 1 heterocycles. The lowest BCUT2D eigenvalue weighted by Gasteiger charge is -2.15. The van der Waals surface area contributed by atoms with Crippen LogP contribution in [0.25, 0.3) is 5.57 Å². The van der Waals surface area contributed by atoms with E-state index < -0.39 is 11.8 Å². The van der Waals surface area contributed by atoms with E-state index >= 15 is 0 Å². The van der Waals surface area contributed by atoms with Crippen LogP contribution < -0.4 is 9.64 Å². The third kappa shape index (κ3) is 2.66. The van der Waals surface area contributed by atoms with Crippen molar-refractivity contribution in [3.63, 3.8) is 0 Å². The van der Waals surface area contributed by atoms with Crippen LogP contribution in [0.2, 0.25) is 0 Å². The van der Waals surface area contributed by atoms with Crippen molar-refractivity contribution in [2.75, 3.05) is 12.0 Å². The normalized spacial score (nSPS) is 14.7. The first-order valence-corrected chi connectivity index (χ1v) is 7.89. The maximum absolute atomic E-state index is 12.8. The second-order valence-corrected chi connectivity index (χ2v) is 6.11. The van der Waals surface area contributed by atoms with Gasteiger partial charge in [0, 0.05) is 10.0 Å². The summed E-state index contributed by atoms with van der Waals surface area (Å²) in [5.74, 6) is -0.522. The van der Waals surface area contributed by atoms with Gasteiger partial charge in [0.2, 0.25) is 0 Å². The van der Waals surface area contributed by atoms with Gasteiger partial charge in [-0.15, -0.1) is 0 Å².